The number of nitrogens with zero attached hydrogens (tertiary/aromatic N) is 2. The number of aromatic nitrogens is 2. The van der Waals surface area contributed by atoms with E-state index in [0.29, 0.717) is 12.0 Å². The highest BCUT2D eigenvalue weighted by Gasteiger charge is 2.15. The minimum Gasteiger partial charge on any atom is -0.351 e. The molecule has 3 rings (SSSR count). The average molecular weight is 324 g/mol. The van der Waals surface area contributed by atoms with Gasteiger partial charge in [0, 0.05) is 23.5 Å². The molecule has 0 bridgehead atoms. The lowest BCUT2D eigenvalue weighted by molar-refractivity contribution is 0.461. The fourth-order valence-corrected chi connectivity index (χ4v) is 3.38. The molecule has 4 heteroatoms. The first-order valence-electron chi connectivity index (χ1n) is 9.10. The van der Waals surface area contributed by atoms with E-state index >= 15 is 0 Å². The Morgan fingerprint density at radius 1 is 1.04 bits per heavy atom. The van der Waals surface area contributed by atoms with Crippen LogP contribution >= 0.6 is 0 Å². The van der Waals surface area contributed by atoms with E-state index in [1.165, 1.54) is 37.7 Å². The number of nitrogens with one attached hydrogen (secondary N) is 2. The molecule has 0 aliphatic heterocycles. The molecule has 2 N–H and O–H groups in total. The second-order valence-corrected chi connectivity index (χ2v) is 7.06. The standard InChI is InChI=1S/C20H28N4/c1-14(2)17-11-7-8-12-18(17)23-19-13-15(3)21-20(24-19)22-16-9-5-4-6-10-16/h7-8,11-14,16H,4-6,9-10H2,1-3H3,(H2,21,22,23,24). The Kier molecular flexibility index (Phi) is 5.34. The lowest BCUT2D eigenvalue weighted by Gasteiger charge is -2.23. The van der Waals surface area contributed by atoms with Crippen molar-refractivity contribution in [3.63, 3.8) is 0 Å². The van der Waals surface area contributed by atoms with E-state index in [2.05, 4.69) is 53.7 Å². The third-order valence-corrected chi connectivity index (χ3v) is 4.64. The average Bonchev–Trinajstić information content (AvgIpc) is 2.55. The maximum Gasteiger partial charge on any atom is 0.225 e. The number of aryl methyl sites for hydroxylation is 1. The Morgan fingerprint density at radius 2 is 1.79 bits per heavy atom. The van der Waals surface area contributed by atoms with Gasteiger partial charge in [0.1, 0.15) is 5.82 Å². The van der Waals surface area contributed by atoms with E-state index in [-0.39, 0.29) is 0 Å². The first-order valence-corrected chi connectivity index (χ1v) is 9.10. The van der Waals surface area contributed by atoms with E-state index in [1.807, 2.05) is 13.0 Å². The number of anilines is 3. The molecule has 0 spiro atoms. The predicted molar refractivity (Wildman–Crippen MR) is 101 cm³/mol. The third kappa shape index (κ3) is 4.25. The fraction of sp³-hybridized carbons (Fsp3) is 0.500. The molecule has 0 radical (unpaired) electrons. The SMILES string of the molecule is Cc1cc(Nc2ccccc2C(C)C)nc(NC2CCCCC2)n1. The first-order chi connectivity index (χ1) is 11.6. The molecule has 1 aliphatic carbocycles. The summed E-state index contributed by atoms with van der Waals surface area (Å²) >= 11 is 0. The molecule has 0 unspecified atom stereocenters. The predicted octanol–water partition coefficient (Wildman–Crippen LogP) is 5.40. The van der Waals surface area contributed by atoms with Gasteiger partial charge in [0.25, 0.3) is 0 Å². The smallest absolute Gasteiger partial charge is 0.225 e. The van der Waals surface area contributed by atoms with Crippen LogP contribution in [0.5, 0.6) is 0 Å². The maximum atomic E-state index is 4.69. The molecular weight excluding hydrogens is 296 g/mol. The summed E-state index contributed by atoms with van der Waals surface area (Å²) in [5.74, 6) is 2.07. The highest BCUT2D eigenvalue weighted by molar-refractivity contribution is 5.62. The molecule has 1 heterocycles. The van der Waals surface area contributed by atoms with Gasteiger partial charge in [-0.1, -0.05) is 51.3 Å². The minimum absolute atomic E-state index is 0.469. The monoisotopic (exact) mass is 324 g/mol. The molecule has 0 saturated heterocycles. The summed E-state index contributed by atoms with van der Waals surface area (Å²) < 4.78 is 0. The van der Waals surface area contributed by atoms with Crippen molar-refractivity contribution in [1.29, 1.82) is 0 Å². The molecular formula is C20H28N4. The number of hydrogen-bond acceptors (Lipinski definition) is 4. The van der Waals surface area contributed by atoms with Gasteiger partial charge in [-0.15, -0.1) is 0 Å². The van der Waals surface area contributed by atoms with Crippen molar-refractivity contribution in [1.82, 2.24) is 9.97 Å². The molecule has 0 atom stereocenters. The van der Waals surface area contributed by atoms with Gasteiger partial charge in [0.2, 0.25) is 5.95 Å². The third-order valence-electron chi connectivity index (χ3n) is 4.64. The molecule has 0 amide bonds. The van der Waals surface area contributed by atoms with E-state index in [4.69, 9.17) is 4.98 Å². The summed E-state index contributed by atoms with van der Waals surface area (Å²) in [7, 11) is 0. The highest BCUT2D eigenvalue weighted by Crippen LogP contribution is 2.27. The van der Waals surface area contributed by atoms with Gasteiger partial charge in [0.15, 0.2) is 0 Å². The van der Waals surface area contributed by atoms with Gasteiger partial charge >= 0.3 is 0 Å². The van der Waals surface area contributed by atoms with Gasteiger partial charge in [-0.2, -0.15) is 4.98 Å². The Morgan fingerprint density at radius 3 is 2.54 bits per heavy atom. The van der Waals surface area contributed by atoms with Crippen LogP contribution < -0.4 is 10.6 Å². The van der Waals surface area contributed by atoms with Crippen molar-refractivity contribution >= 4 is 17.5 Å². The molecule has 1 saturated carbocycles. The van der Waals surface area contributed by atoms with Crippen molar-refractivity contribution in [2.24, 2.45) is 0 Å². The Labute approximate surface area is 145 Å². The van der Waals surface area contributed by atoms with Crippen LogP contribution in [0.3, 0.4) is 0 Å². The van der Waals surface area contributed by atoms with Gasteiger partial charge in [-0.05, 0) is 37.3 Å². The quantitative estimate of drug-likeness (QED) is 0.773. The second kappa shape index (κ2) is 7.65. The maximum absolute atomic E-state index is 4.69. The summed E-state index contributed by atoms with van der Waals surface area (Å²) in [4.78, 5) is 9.25. The topological polar surface area (TPSA) is 49.8 Å². The molecule has 4 nitrogen and oxygen atoms in total. The van der Waals surface area contributed by atoms with Crippen LogP contribution in [0.25, 0.3) is 0 Å². The van der Waals surface area contributed by atoms with Crippen molar-refractivity contribution in [2.45, 2.75) is 64.8 Å². The molecule has 1 aromatic heterocycles. The van der Waals surface area contributed by atoms with Gasteiger partial charge in [0.05, 0.1) is 0 Å². The van der Waals surface area contributed by atoms with Crippen molar-refractivity contribution < 1.29 is 0 Å². The van der Waals surface area contributed by atoms with E-state index < -0.39 is 0 Å². The normalized spacial score (nSPS) is 15.5. The summed E-state index contributed by atoms with van der Waals surface area (Å²) in [5.41, 5.74) is 3.40. The number of hydrogen-bond donors (Lipinski definition) is 2. The molecule has 24 heavy (non-hydrogen) atoms. The highest BCUT2D eigenvalue weighted by atomic mass is 15.2. The van der Waals surface area contributed by atoms with E-state index in [1.54, 1.807) is 0 Å². The van der Waals surface area contributed by atoms with Crippen LogP contribution in [0.4, 0.5) is 17.5 Å². The van der Waals surface area contributed by atoms with Gasteiger partial charge in [-0.25, -0.2) is 4.98 Å². The summed E-state index contributed by atoms with van der Waals surface area (Å²) in [6.07, 6.45) is 6.39. The van der Waals surface area contributed by atoms with E-state index in [9.17, 15) is 0 Å². The van der Waals surface area contributed by atoms with Gasteiger partial charge < -0.3 is 10.6 Å². The number of benzene rings is 1. The minimum atomic E-state index is 0.469. The fourth-order valence-electron chi connectivity index (χ4n) is 3.38. The van der Waals surface area contributed by atoms with Crippen molar-refractivity contribution in [3.05, 3.63) is 41.6 Å². The van der Waals surface area contributed by atoms with Gasteiger partial charge in [-0.3, -0.25) is 0 Å². The van der Waals surface area contributed by atoms with E-state index in [0.717, 1.165) is 23.1 Å². The van der Waals surface area contributed by atoms with Crippen LogP contribution in [0.1, 0.15) is 63.1 Å². The summed E-state index contributed by atoms with van der Waals surface area (Å²) in [6.45, 7) is 6.44. The largest absolute Gasteiger partial charge is 0.351 e. The molecule has 1 aromatic carbocycles. The molecule has 2 aromatic rings. The van der Waals surface area contributed by atoms with Crippen LogP contribution in [0.15, 0.2) is 30.3 Å². The molecule has 1 aliphatic rings. The first kappa shape index (κ1) is 16.7. The summed E-state index contributed by atoms with van der Waals surface area (Å²) in [6, 6.07) is 10.9. The summed E-state index contributed by atoms with van der Waals surface area (Å²) in [5, 5.41) is 7.00. The van der Waals surface area contributed by atoms with Crippen LogP contribution in [-0.2, 0) is 0 Å². The second-order valence-electron chi connectivity index (χ2n) is 7.06. The molecule has 1 fully saturated rings. The number of para-hydroxylation sites is 1. The van der Waals surface area contributed by atoms with Crippen LogP contribution in [0, 0.1) is 6.92 Å². The zero-order chi connectivity index (χ0) is 16.9. The van der Waals surface area contributed by atoms with Crippen molar-refractivity contribution in [3.8, 4) is 0 Å². The molecule has 128 valence electrons. The van der Waals surface area contributed by atoms with Crippen LogP contribution in [-0.4, -0.2) is 16.0 Å². The lowest BCUT2D eigenvalue weighted by Crippen LogP contribution is -2.23. The van der Waals surface area contributed by atoms with Crippen molar-refractivity contribution in [2.75, 3.05) is 10.6 Å². The Bertz CT molecular complexity index is 675. The number of rotatable bonds is 5. The Balaban J connectivity index is 1.79. The lowest BCUT2D eigenvalue weighted by atomic mass is 9.96. The Hall–Kier alpha value is -2.10. The zero-order valence-corrected chi connectivity index (χ0v) is 15.0. The van der Waals surface area contributed by atoms with Crippen LogP contribution in [0.2, 0.25) is 0 Å². The zero-order valence-electron chi connectivity index (χ0n) is 15.0.